The van der Waals surface area contributed by atoms with Crippen LogP contribution in [-0.4, -0.2) is 28.7 Å². The van der Waals surface area contributed by atoms with Crippen molar-refractivity contribution in [2.24, 2.45) is 0 Å². The van der Waals surface area contributed by atoms with Crippen molar-refractivity contribution in [2.75, 3.05) is 13.2 Å². The molecule has 3 aromatic rings. The molecule has 0 saturated heterocycles. The normalized spacial score (nSPS) is 11.0. The van der Waals surface area contributed by atoms with Crippen LogP contribution < -0.4 is 10.1 Å². The molecule has 1 amide bonds. The maximum absolute atomic E-state index is 12.3. The van der Waals surface area contributed by atoms with E-state index >= 15 is 0 Å². The van der Waals surface area contributed by atoms with Gasteiger partial charge in [-0.25, -0.2) is 4.52 Å². The maximum Gasteiger partial charge on any atom is 0.255 e. The zero-order valence-electron chi connectivity index (χ0n) is 13.9. The first-order valence-electron chi connectivity index (χ1n) is 8.09. The molecule has 5 heteroatoms. The standard InChI is InChI=1S/C19H21N3O2/c1-14(2)15-7-3-4-9-18(15)24-12-10-20-19(23)16-13-21-22-11-6-5-8-17(16)22/h3-9,11,13-14H,10,12H2,1-2H3,(H,20,23). The summed E-state index contributed by atoms with van der Waals surface area (Å²) in [5, 5.41) is 7.05. The summed E-state index contributed by atoms with van der Waals surface area (Å²) in [6, 6.07) is 13.6. The van der Waals surface area contributed by atoms with Gasteiger partial charge in [0.15, 0.2) is 0 Å². The molecule has 0 aliphatic carbocycles. The highest BCUT2D eigenvalue weighted by atomic mass is 16.5. The molecule has 2 aromatic heterocycles. The number of amides is 1. The first-order chi connectivity index (χ1) is 11.7. The minimum atomic E-state index is -0.142. The number of benzene rings is 1. The van der Waals surface area contributed by atoms with Crippen LogP contribution in [0.15, 0.2) is 54.9 Å². The number of aromatic nitrogens is 2. The van der Waals surface area contributed by atoms with Gasteiger partial charge in [0.2, 0.25) is 0 Å². The van der Waals surface area contributed by atoms with Crippen LogP contribution in [-0.2, 0) is 0 Å². The van der Waals surface area contributed by atoms with Gasteiger partial charge in [0.1, 0.15) is 12.4 Å². The van der Waals surface area contributed by atoms with E-state index in [1.54, 1.807) is 10.7 Å². The lowest BCUT2D eigenvalue weighted by molar-refractivity contribution is 0.0948. The smallest absolute Gasteiger partial charge is 0.255 e. The van der Waals surface area contributed by atoms with Crippen LogP contribution in [0.1, 0.15) is 35.7 Å². The first-order valence-corrected chi connectivity index (χ1v) is 8.09. The third-order valence-electron chi connectivity index (χ3n) is 3.86. The van der Waals surface area contributed by atoms with Crippen molar-refractivity contribution >= 4 is 11.4 Å². The second-order valence-corrected chi connectivity index (χ2v) is 5.89. The molecule has 124 valence electrons. The number of rotatable bonds is 6. The summed E-state index contributed by atoms with van der Waals surface area (Å²) in [6.07, 6.45) is 3.40. The Balaban J connectivity index is 1.56. The Hall–Kier alpha value is -2.82. The molecule has 0 bridgehead atoms. The van der Waals surface area contributed by atoms with Crippen molar-refractivity contribution < 1.29 is 9.53 Å². The predicted octanol–water partition coefficient (Wildman–Crippen LogP) is 3.27. The monoisotopic (exact) mass is 323 g/mol. The fraction of sp³-hybridized carbons (Fsp3) is 0.263. The first kappa shape index (κ1) is 16.1. The van der Waals surface area contributed by atoms with E-state index in [1.807, 2.05) is 42.6 Å². The summed E-state index contributed by atoms with van der Waals surface area (Å²) in [5.41, 5.74) is 2.53. The molecule has 5 nitrogen and oxygen atoms in total. The Bertz CT molecular complexity index is 839. The minimum Gasteiger partial charge on any atom is -0.491 e. The lowest BCUT2D eigenvalue weighted by atomic mass is 10.0. The van der Waals surface area contributed by atoms with Gasteiger partial charge in [-0.3, -0.25) is 4.79 Å². The Kier molecular flexibility index (Phi) is 4.79. The van der Waals surface area contributed by atoms with E-state index in [0.717, 1.165) is 11.3 Å². The molecule has 24 heavy (non-hydrogen) atoms. The quantitative estimate of drug-likeness (QED) is 0.708. The molecule has 0 aliphatic rings. The molecule has 0 fully saturated rings. The highest BCUT2D eigenvalue weighted by molar-refractivity contribution is 6.00. The Morgan fingerprint density at radius 3 is 2.83 bits per heavy atom. The molecular weight excluding hydrogens is 302 g/mol. The SMILES string of the molecule is CC(C)c1ccccc1OCCNC(=O)c1cnn2ccccc12. The van der Waals surface area contributed by atoms with Crippen LogP contribution in [0.5, 0.6) is 5.75 Å². The van der Waals surface area contributed by atoms with Gasteiger partial charge in [-0.15, -0.1) is 0 Å². The van der Waals surface area contributed by atoms with E-state index in [-0.39, 0.29) is 5.91 Å². The van der Waals surface area contributed by atoms with Gasteiger partial charge in [0.25, 0.3) is 5.91 Å². The minimum absolute atomic E-state index is 0.142. The lowest BCUT2D eigenvalue weighted by Crippen LogP contribution is -2.28. The average molecular weight is 323 g/mol. The second-order valence-electron chi connectivity index (χ2n) is 5.89. The number of ether oxygens (including phenoxy) is 1. The van der Waals surface area contributed by atoms with Gasteiger partial charge in [0, 0.05) is 6.20 Å². The predicted molar refractivity (Wildman–Crippen MR) is 93.6 cm³/mol. The van der Waals surface area contributed by atoms with Crippen LogP contribution >= 0.6 is 0 Å². The highest BCUT2D eigenvalue weighted by Crippen LogP contribution is 2.25. The Morgan fingerprint density at radius 2 is 2.00 bits per heavy atom. The molecule has 0 atom stereocenters. The third-order valence-corrected chi connectivity index (χ3v) is 3.86. The van der Waals surface area contributed by atoms with E-state index in [4.69, 9.17) is 4.74 Å². The molecule has 2 heterocycles. The zero-order chi connectivity index (χ0) is 16.9. The largest absolute Gasteiger partial charge is 0.491 e. The maximum atomic E-state index is 12.3. The summed E-state index contributed by atoms with van der Waals surface area (Å²) in [4.78, 5) is 12.3. The summed E-state index contributed by atoms with van der Waals surface area (Å²) in [6.45, 7) is 5.13. The van der Waals surface area contributed by atoms with E-state index in [1.165, 1.54) is 5.56 Å². The summed E-state index contributed by atoms with van der Waals surface area (Å²) < 4.78 is 7.50. The average Bonchev–Trinajstić information content (AvgIpc) is 3.03. The van der Waals surface area contributed by atoms with Crippen LogP contribution in [0, 0.1) is 0 Å². The van der Waals surface area contributed by atoms with Gasteiger partial charge in [0.05, 0.1) is 23.8 Å². The van der Waals surface area contributed by atoms with Crippen LogP contribution in [0.25, 0.3) is 5.52 Å². The lowest BCUT2D eigenvalue weighted by Gasteiger charge is -2.14. The van der Waals surface area contributed by atoms with Gasteiger partial charge in [-0.1, -0.05) is 38.1 Å². The summed E-state index contributed by atoms with van der Waals surface area (Å²) >= 11 is 0. The van der Waals surface area contributed by atoms with Crippen molar-refractivity contribution in [3.05, 3.63) is 66.0 Å². The molecule has 0 unspecified atom stereocenters. The van der Waals surface area contributed by atoms with Gasteiger partial charge in [-0.05, 0) is 29.7 Å². The number of nitrogens with zero attached hydrogens (tertiary/aromatic N) is 2. The number of carbonyl (C=O) groups excluding carboxylic acids is 1. The number of para-hydroxylation sites is 1. The fourth-order valence-electron chi connectivity index (χ4n) is 2.62. The number of carbonyl (C=O) groups is 1. The molecule has 3 rings (SSSR count). The van der Waals surface area contributed by atoms with E-state index < -0.39 is 0 Å². The van der Waals surface area contributed by atoms with Gasteiger partial charge < -0.3 is 10.1 Å². The Morgan fingerprint density at radius 1 is 1.21 bits per heavy atom. The molecule has 0 aliphatic heterocycles. The number of nitrogens with one attached hydrogen (secondary N) is 1. The van der Waals surface area contributed by atoms with Crippen LogP contribution in [0.3, 0.4) is 0 Å². The van der Waals surface area contributed by atoms with Crippen LogP contribution in [0.4, 0.5) is 0 Å². The van der Waals surface area contributed by atoms with Crippen molar-refractivity contribution in [3.63, 3.8) is 0 Å². The summed E-state index contributed by atoms with van der Waals surface area (Å²) in [7, 11) is 0. The summed E-state index contributed by atoms with van der Waals surface area (Å²) in [5.74, 6) is 1.13. The number of pyridine rings is 1. The van der Waals surface area contributed by atoms with Crippen LogP contribution in [0.2, 0.25) is 0 Å². The number of hydrogen-bond acceptors (Lipinski definition) is 3. The molecule has 0 spiro atoms. The molecule has 1 aromatic carbocycles. The number of hydrogen-bond donors (Lipinski definition) is 1. The van der Waals surface area contributed by atoms with Crippen molar-refractivity contribution in [2.45, 2.75) is 19.8 Å². The highest BCUT2D eigenvalue weighted by Gasteiger charge is 2.12. The van der Waals surface area contributed by atoms with Crippen molar-refractivity contribution in [1.29, 1.82) is 0 Å². The molecule has 0 saturated carbocycles. The molecule has 0 radical (unpaired) electrons. The van der Waals surface area contributed by atoms with Gasteiger partial charge >= 0.3 is 0 Å². The Labute approximate surface area is 141 Å². The second kappa shape index (κ2) is 7.17. The van der Waals surface area contributed by atoms with E-state index in [2.05, 4.69) is 30.3 Å². The third kappa shape index (κ3) is 3.40. The molecule has 1 N–H and O–H groups in total. The van der Waals surface area contributed by atoms with Crippen molar-refractivity contribution in [1.82, 2.24) is 14.9 Å². The van der Waals surface area contributed by atoms with E-state index in [0.29, 0.717) is 24.6 Å². The molecular formula is C19H21N3O2. The number of fused-ring (bicyclic) bond motifs is 1. The van der Waals surface area contributed by atoms with Crippen molar-refractivity contribution in [3.8, 4) is 5.75 Å². The van der Waals surface area contributed by atoms with Gasteiger partial charge in [-0.2, -0.15) is 5.10 Å². The topological polar surface area (TPSA) is 55.6 Å². The van der Waals surface area contributed by atoms with E-state index in [9.17, 15) is 4.79 Å². The fourth-order valence-corrected chi connectivity index (χ4v) is 2.62. The zero-order valence-corrected chi connectivity index (χ0v) is 13.9.